The molecule has 0 atom stereocenters. The van der Waals surface area contributed by atoms with Crippen LogP contribution in [0.1, 0.15) is 33.6 Å². The van der Waals surface area contributed by atoms with E-state index in [4.69, 9.17) is 9.47 Å². The van der Waals surface area contributed by atoms with E-state index in [1.54, 1.807) is 33.0 Å². The number of nitrogens with zero attached hydrogens (tertiary/aromatic N) is 1. The molecule has 0 aromatic rings. The van der Waals surface area contributed by atoms with Gasteiger partial charge < -0.3 is 9.47 Å². The van der Waals surface area contributed by atoms with E-state index in [-0.39, 0.29) is 0 Å². The zero-order chi connectivity index (χ0) is 15.5. The van der Waals surface area contributed by atoms with Gasteiger partial charge in [-0.05, 0) is 33.6 Å². The van der Waals surface area contributed by atoms with Crippen molar-refractivity contribution in [3.05, 3.63) is 47.7 Å². The summed E-state index contributed by atoms with van der Waals surface area (Å²) in [6.07, 6.45) is 10.0. The SMILES string of the molecule is CC(C)(C)OC(=O)N1C=COC(C2=C(C=O)C=CCC2)=C1. The molecule has 0 N–H and O–H groups in total. The lowest BCUT2D eigenvalue weighted by atomic mass is 9.97. The minimum Gasteiger partial charge on any atom is -0.462 e. The molecule has 0 spiro atoms. The topological polar surface area (TPSA) is 55.8 Å². The number of carbonyl (C=O) groups excluding carboxylic acids is 2. The number of ether oxygens (including phenoxy) is 2. The van der Waals surface area contributed by atoms with Crippen LogP contribution >= 0.6 is 0 Å². The third kappa shape index (κ3) is 3.84. The number of carbonyl (C=O) groups is 2. The standard InChI is InChI=1S/C16H19NO4/c1-16(2,3)21-15(19)17-8-9-20-14(10-17)13-7-5-4-6-12(13)11-18/h4,6,8-11H,5,7H2,1-3H3. The van der Waals surface area contributed by atoms with Crippen molar-refractivity contribution in [1.29, 1.82) is 0 Å². The van der Waals surface area contributed by atoms with Crippen LogP contribution in [0.25, 0.3) is 0 Å². The van der Waals surface area contributed by atoms with Crippen molar-refractivity contribution < 1.29 is 19.1 Å². The lowest BCUT2D eigenvalue weighted by Crippen LogP contribution is -2.32. The van der Waals surface area contributed by atoms with E-state index in [0.29, 0.717) is 17.8 Å². The number of hydrogen-bond donors (Lipinski definition) is 0. The second-order valence-electron chi connectivity index (χ2n) is 5.78. The third-order valence-corrected chi connectivity index (χ3v) is 2.91. The van der Waals surface area contributed by atoms with E-state index in [9.17, 15) is 9.59 Å². The van der Waals surface area contributed by atoms with Gasteiger partial charge in [0.2, 0.25) is 0 Å². The molecular formula is C16H19NO4. The number of amides is 1. The molecule has 0 saturated carbocycles. The summed E-state index contributed by atoms with van der Waals surface area (Å²) in [6, 6.07) is 0. The molecular weight excluding hydrogens is 270 g/mol. The van der Waals surface area contributed by atoms with Crippen LogP contribution in [-0.4, -0.2) is 22.9 Å². The molecule has 1 heterocycles. The maximum atomic E-state index is 12.0. The molecule has 0 bridgehead atoms. The molecule has 2 aliphatic rings. The number of aldehydes is 1. The van der Waals surface area contributed by atoms with Crippen molar-refractivity contribution in [3.63, 3.8) is 0 Å². The van der Waals surface area contributed by atoms with Gasteiger partial charge in [0.05, 0.1) is 12.4 Å². The highest BCUT2D eigenvalue weighted by atomic mass is 16.6. The van der Waals surface area contributed by atoms with Crippen molar-refractivity contribution in [2.45, 2.75) is 39.2 Å². The highest BCUT2D eigenvalue weighted by molar-refractivity contribution is 5.81. The van der Waals surface area contributed by atoms with E-state index in [2.05, 4.69) is 0 Å². The first-order valence-electron chi connectivity index (χ1n) is 6.82. The highest BCUT2D eigenvalue weighted by Crippen LogP contribution is 2.28. The summed E-state index contributed by atoms with van der Waals surface area (Å²) in [7, 11) is 0. The average Bonchev–Trinajstić information content (AvgIpc) is 2.45. The van der Waals surface area contributed by atoms with Crippen LogP contribution in [0.5, 0.6) is 0 Å². The van der Waals surface area contributed by atoms with E-state index < -0.39 is 11.7 Å². The van der Waals surface area contributed by atoms with Gasteiger partial charge in [-0.3, -0.25) is 9.69 Å². The smallest absolute Gasteiger partial charge is 0.418 e. The van der Waals surface area contributed by atoms with Gasteiger partial charge in [0.25, 0.3) is 0 Å². The van der Waals surface area contributed by atoms with Gasteiger partial charge in [-0.25, -0.2) is 4.79 Å². The first-order chi connectivity index (χ1) is 9.90. The highest BCUT2D eigenvalue weighted by Gasteiger charge is 2.23. The lowest BCUT2D eigenvalue weighted by Gasteiger charge is -2.26. The predicted molar refractivity (Wildman–Crippen MR) is 77.8 cm³/mol. The van der Waals surface area contributed by atoms with Crippen LogP contribution < -0.4 is 0 Å². The molecule has 1 aliphatic carbocycles. The Morgan fingerprint density at radius 1 is 1.43 bits per heavy atom. The first-order valence-corrected chi connectivity index (χ1v) is 6.82. The monoisotopic (exact) mass is 289 g/mol. The van der Waals surface area contributed by atoms with Gasteiger partial charge in [-0.2, -0.15) is 0 Å². The van der Waals surface area contributed by atoms with Gasteiger partial charge in [0.1, 0.15) is 23.9 Å². The quantitative estimate of drug-likeness (QED) is 0.731. The Labute approximate surface area is 124 Å². The molecule has 0 radical (unpaired) electrons. The normalized spacial score (nSPS) is 18.2. The van der Waals surface area contributed by atoms with Crippen LogP contribution in [0.2, 0.25) is 0 Å². The van der Waals surface area contributed by atoms with Gasteiger partial charge in [0.15, 0.2) is 0 Å². The van der Waals surface area contributed by atoms with Crippen molar-refractivity contribution in [2.75, 3.05) is 0 Å². The van der Waals surface area contributed by atoms with Crippen molar-refractivity contribution >= 4 is 12.4 Å². The zero-order valence-corrected chi connectivity index (χ0v) is 12.5. The largest absolute Gasteiger partial charge is 0.462 e. The summed E-state index contributed by atoms with van der Waals surface area (Å²) in [6.45, 7) is 5.41. The van der Waals surface area contributed by atoms with Gasteiger partial charge in [-0.1, -0.05) is 12.2 Å². The summed E-state index contributed by atoms with van der Waals surface area (Å²) in [5.74, 6) is 0.495. The molecule has 2 rings (SSSR count). The zero-order valence-electron chi connectivity index (χ0n) is 12.5. The minimum absolute atomic E-state index is 0.487. The molecule has 5 heteroatoms. The van der Waals surface area contributed by atoms with Crippen LogP contribution in [0.4, 0.5) is 4.79 Å². The molecule has 0 unspecified atom stereocenters. The van der Waals surface area contributed by atoms with Crippen molar-refractivity contribution in [2.24, 2.45) is 0 Å². The van der Waals surface area contributed by atoms with E-state index in [1.807, 2.05) is 6.08 Å². The minimum atomic E-state index is -0.571. The summed E-state index contributed by atoms with van der Waals surface area (Å²) in [4.78, 5) is 24.5. The molecule has 0 saturated heterocycles. The van der Waals surface area contributed by atoms with Crippen LogP contribution in [0.3, 0.4) is 0 Å². The Balaban J connectivity index is 2.22. The number of allylic oxidation sites excluding steroid dienone is 4. The molecule has 0 aromatic heterocycles. The Bertz CT molecular complexity index is 561. The van der Waals surface area contributed by atoms with Crippen LogP contribution in [-0.2, 0) is 14.3 Å². The van der Waals surface area contributed by atoms with Crippen LogP contribution in [0.15, 0.2) is 47.7 Å². The fourth-order valence-corrected chi connectivity index (χ4v) is 2.01. The first kappa shape index (κ1) is 15.1. The summed E-state index contributed by atoms with van der Waals surface area (Å²) in [5, 5.41) is 0. The Kier molecular flexibility index (Phi) is 4.31. The Hall–Kier alpha value is -2.30. The molecule has 0 fully saturated rings. The van der Waals surface area contributed by atoms with Gasteiger partial charge in [0, 0.05) is 11.1 Å². The molecule has 1 aliphatic heterocycles. The molecule has 112 valence electrons. The third-order valence-electron chi connectivity index (χ3n) is 2.91. The fourth-order valence-electron chi connectivity index (χ4n) is 2.01. The van der Waals surface area contributed by atoms with Crippen molar-refractivity contribution in [1.82, 2.24) is 4.90 Å². The summed E-state index contributed by atoms with van der Waals surface area (Å²) < 4.78 is 10.7. The van der Waals surface area contributed by atoms with Gasteiger partial charge >= 0.3 is 6.09 Å². The predicted octanol–water partition coefficient (Wildman–Crippen LogP) is 3.41. The van der Waals surface area contributed by atoms with Crippen LogP contribution in [0, 0.1) is 0 Å². The lowest BCUT2D eigenvalue weighted by molar-refractivity contribution is -0.104. The Morgan fingerprint density at radius 3 is 2.86 bits per heavy atom. The molecule has 0 aromatic carbocycles. The molecule has 21 heavy (non-hydrogen) atoms. The maximum Gasteiger partial charge on any atom is 0.418 e. The second-order valence-corrected chi connectivity index (χ2v) is 5.78. The van der Waals surface area contributed by atoms with Gasteiger partial charge in [-0.15, -0.1) is 0 Å². The van der Waals surface area contributed by atoms with E-state index in [1.165, 1.54) is 17.4 Å². The number of rotatable bonds is 2. The van der Waals surface area contributed by atoms with Crippen molar-refractivity contribution in [3.8, 4) is 0 Å². The fraction of sp³-hybridized carbons (Fsp3) is 0.375. The summed E-state index contributed by atoms with van der Waals surface area (Å²) >= 11 is 0. The number of hydrogen-bond acceptors (Lipinski definition) is 4. The molecule has 1 amide bonds. The van der Waals surface area contributed by atoms with E-state index in [0.717, 1.165) is 18.3 Å². The molecule has 5 nitrogen and oxygen atoms in total. The summed E-state index contributed by atoms with van der Waals surface area (Å²) in [5.41, 5.74) is 0.801. The maximum absolute atomic E-state index is 12.0. The Morgan fingerprint density at radius 2 is 2.19 bits per heavy atom. The average molecular weight is 289 g/mol. The van der Waals surface area contributed by atoms with E-state index >= 15 is 0 Å². The second kappa shape index (κ2) is 5.99.